The summed E-state index contributed by atoms with van der Waals surface area (Å²) < 4.78 is 0. The largest absolute Gasteiger partial charge is 0.481 e. The van der Waals surface area contributed by atoms with E-state index < -0.39 is 11.9 Å². The van der Waals surface area contributed by atoms with Gasteiger partial charge in [0.2, 0.25) is 0 Å². The Kier molecular flexibility index (Phi) is 3.84. The molecule has 0 fully saturated rings. The maximum absolute atomic E-state index is 11.0. The molecular formula is C13H13NO2. The summed E-state index contributed by atoms with van der Waals surface area (Å²) in [5.74, 6) is -1.53. The van der Waals surface area contributed by atoms with Crippen molar-refractivity contribution in [3.8, 4) is 6.07 Å². The number of benzene rings is 1. The number of nitriles is 1. The fraction of sp³-hybridized carbons (Fsp3) is 0.231. The van der Waals surface area contributed by atoms with E-state index in [4.69, 9.17) is 10.4 Å². The normalized spacial score (nSPS) is 11.5. The second-order valence-corrected chi connectivity index (χ2v) is 3.71. The van der Waals surface area contributed by atoms with Crippen molar-refractivity contribution in [1.82, 2.24) is 0 Å². The predicted octanol–water partition coefficient (Wildman–Crippen LogP) is 2.38. The standard InChI is InChI=1S/C13H13NO2/c1-9(2)12(13(15)16)7-10-5-3-4-6-11(10)8-14/h3-6,12H,1,7H2,2H3,(H,15,16). The molecule has 0 bridgehead atoms. The third-order valence-electron chi connectivity index (χ3n) is 2.45. The Morgan fingerprint density at radius 2 is 2.19 bits per heavy atom. The molecule has 3 nitrogen and oxygen atoms in total. The topological polar surface area (TPSA) is 61.1 Å². The maximum atomic E-state index is 11.0. The molecule has 0 aromatic heterocycles. The van der Waals surface area contributed by atoms with E-state index in [9.17, 15) is 4.79 Å². The molecule has 0 saturated carbocycles. The third kappa shape index (κ3) is 2.71. The molecule has 0 aliphatic heterocycles. The molecule has 0 heterocycles. The van der Waals surface area contributed by atoms with Crippen LogP contribution in [0.2, 0.25) is 0 Å². The van der Waals surface area contributed by atoms with Crippen LogP contribution in [0.15, 0.2) is 36.4 Å². The van der Waals surface area contributed by atoms with Crippen molar-refractivity contribution >= 4 is 5.97 Å². The molecular weight excluding hydrogens is 202 g/mol. The third-order valence-corrected chi connectivity index (χ3v) is 2.45. The van der Waals surface area contributed by atoms with Crippen LogP contribution >= 0.6 is 0 Å². The van der Waals surface area contributed by atoms with Crippen LogP contribution < -0.4 is 0 Å². The van der Waals surface area contributed by atoms with Gasteiger partial charge in [-0.1, -0.05) is 30.4 Å². The first-order valence-corrected chi connectivity index (χ1v) is 4.92. The minimum absolute atomic E-state index is 0.314. The number of carboxylic acids is 1. The van der Waals surface area contributed by atoms with Crippen LogP contribution in [0, 0.1) is 17.2 Å². The van der Waals surface area contributed by atoms with Crippen LogP contribution in [0.1, 0.15) is 18.1 Å². The van der Waals surface area contributed by atoms with Gasteiger partial charge in [0, 0.05) is 0 Å². The van der Waals surface area contributed by atoms with Crippen molar-refractivity contribution in [3.63, 3.8) is 0 Å². The highest BCUT2D eigenvalue weighted by Gasteiger charge is 2.19. The molecule has 1 aromatic carbocycles. The van der Waals surface area contributed by atoms with Crippen LogP contribution in [0.25, 0.3) is 0 Å². The van der Waals surface area contributed by atoms with E-state index in [0.717, 1.165) is 5.56 Å². The fourth-order valence-corrected chi connectivity index (χ4v) is 1.50. The molecule has 3 heteroatoms. The minimum Gasteiger partial charge on any atom is -0.481 e. The summed E-state index contributed by atoms with van der Waals surface area (Å²) in [4.78, 5) is 11.0. The summed E-state index contributed by atoms with van der Waals surface area (Å²) in [7, 11) is 0. The monoisotopic (exact) mass is 215 g/mol. The van der Waals surface area contributed by atoms with Gasteiger partial charge in [0.15, 0.2) is 0 Å². The summed E-state index contributed by atoms with van der Waals surface area (Å²) in [6.45, 7) is 5.35. The Bertz CT molecular complexity index is 443. The summed E-state index contributed by atoms with van der Waals surface area (Å²) in [5.41, 5.74) is 1.87. The predicted molar refractivity (Wildman–Crippen MR) is 60.8 cm³/mol. The van der Waals surface area contributed by atoms with Gasteiger partial charge in [0.1, 0.15) is 0 Å². The van der Waals surface area contributed by atoms with Gasteiger partial charge in [-0.25, -0.2) is 0 Å². The van der Waals surface area contributed by atoms with Crippen molar-refractivity contribution < 1.29 is 9.90 Å². The van der Waals surface area contributed by atoms with E-state index in [1.54, 1.807) is 31.2 Å². The molecule has 16 heavy (non-hydrogen) atoms. The van der Waals surface area contributed by atoms with Crippen LogP contribution in [-0.4, -0.2) is 11.1 Å². The van der Waals surface area contributed by atoms with Gasteiger partial charge in [0.25, 0.3) is 0 Å². The molecule has 1 N–H and O–H groups in total. The zero-order valence-corrected chi connectivity index (χ0v) is 9.10. The lowest BCUT2D eigenvalue weighted by Crippen LogP contribution is -2.17. The fourth-order valence-electron chi connectivity index (χ4n) is 1.50. The molecule has 0 aliphatic carbocycles. The molecule has 0 amide bonds. The SMILES string of the molecule is C=C(C)C(Cc1ccccc1C#N)C(=O)O. The van der Waals surface area contributed by atoms with Gasteiger partial charge < -0.3 is 5.11 Å². The van der Waals surface area contributed by atoms with Gasteiger partial charge >= 0.3 is 5.97 Å². The van der Waals surface area contributed by atoms with E-state index in [1.807, 2.05) is 0 Å². The highest BCUT2D eigenvalue weighted by atomic mass is 16.4. The molecule has 0 aliphatic rings. The number of carbonyl (C=O) groups is 1. The maximum Gasteiger partial charge on any atom is 0.310 e. The van der Waals surface area contributed by atoms with Crippen molar-refractivity contribution in [2.75, 3.05) is 0 Å². The van der Waals surface area contributed by atoms with Gasteiger partial charge in [-0.15, -0.1) is 0 Å². The van der Waals surface area contributed by atoms with Crippen LogP contribution in [0.5, 0.6) is 0 Å². The number of rotatable bonds is 4. The van der Waals surface area contributed by atoms with E-state index in [-0.39, 0.29) is 0 Å². The second kappa shape index (κ2) is 5.13. The first kappa shape index (κ1) is 12.0. The molecule has 1 atom stereocenters. The Balaban J connectivity index is 2.99. The van der Waals surface area contributed by atoms with Gasteiger partial charge in [-0.2, -0.15) is 5.26 Å². The number of hydrogen-bond donors (Lipinski definition) is 1. The lowest BCUT2D eigenvalue weighted by Gasteiger charge is -2.12. The highest BCUT2D eigenvalue weighted by Crippen LogP contribution is 2.18. The molecule has 1 aromatic rings. The van der Waals surface area contributed by atoms with Crippen molar-refractivity contribution in [1.29, 1.82) is 5.26 Å². The average molecular weight is 215 g/mol. The van der Waals surface area contributed by atoms with Gasteiger partial charge in [0.05, 0.1) is 17.6 Å². The minimum atomic E-state index is -0.903. The zero-order valence-electron chi connectivity index (χ0n) is 9.10. The summed E-state index contributed by atoms with van der Waals surface area (Å²) in [6, 6.07) is 9.08. The zero-order chi connectivity index (χ0) is 12.1. The quantitative estimate of drug-likeness (QED) is 0.784. The summed E-state index contributed by atoms with van der Waals surface area (Å²) in [5, 5.41) is 17.9. The molecule has 82 valence electrons. The Morgan fingerprint density at radius 1 is 1.56 bits per heavy atom. The van der Waals surface area contributed by atoms with Crippen LogP contribution in [-0.2, 0) is 11.2 Å². The smallest absolute Gasteiger partial charge is 0.310 e. The lowest BCUT2D eigenvalue weighted by atomic mass is 9.91. The number of hydrogen-bond acceptors (Lipinski definition) is 2. The molecule has 0 saturated heterocycles. The van der Waals surface area contributed by atoms with Crippen molar-refractivity contribution in [2.45, 2.75) is 13.3 Å². The van der Waals surface area contributed by atoms with Crippen molar-refractivity contribution in [2.24, 2.45) is 5.92 Å². The van der Waals surface area contributed by atoms with Crippen LogP contribution in [0.4, 0.5) is 0 Å². The number of nitrogens with zero attached hydrogens (tertiary/aromatic N) is 1. The van der Waals surface area contributed by atoms with E-state index >= 15 is 0 Å². The molecule has 0 radical (unpaired) electrons. The molecule has 1 rings (SSSR count). The summed E-state index contributed by atoms with van der Waals surface area (Å²) >= 11 is 0. The Hall–Kier alpha value is -2.08. The lowest BCUT2D eigenvalue weighted by molar-refractivity contribution is -0.140. The molecule has 0 spiro atoms. The van der Waals surface area contributed by atoms with Crippen LogP contribution in [0.3, 0.4) is 0 Å². The van der Waals surface area contributed by atoms with E-state index in [1.165, 1.54) is 0 Å². The van der Waals surface area contributed by atoms with Crippen molar-refractivity contribution in [3.05, 3.63) is 47.5 Å². The van der Waals surface area contributed by atoms with Gasteiger partial charge in [-0.05, 0) is 25.0 Å². The van der Waals surface area contributed by atoms with E-state index in [0.29, 0.717) is 17.6 Å². The first-order valence-electron chi connectivity index (χ1n) is 4.92. The van der Waals surface area contributed by atoms with Gasteiger partial charge in [-0.3, -0.25) is 4.79 Å². The number of carboxylic acid groups (broad SMARTS) is 1. The number of aliphatic carboxylic acids is 1. The Morgan fingerprint density at radius 3 is 2.69 bits per heavy atom. The average Bonchev–Trinajstić information content (AvgIpc) is 2.25. The molecule has 1 unspecified atom stereocenters. The second-order valence-electron chi connectivity index (χ2n) is 3.71. The Labute approximate surface area is 94.6 Å². The first-order chi connectivity index (χ1) is 7.56. The summed E-state index contributed by atoms with van der Waals surface area (Å²) in [6.07, 6.45) is 0.314. The highest BCUT2D eigenvalue weighted by molar-refractivity contribution is 5.73. The van der Waals surface area contributed by atoms with E-state index in [2.05, 4.69) is 12.6 Å².